The van der Waals surface area contributed by atoms with E-state index in [-0.39, 0.29) is 67.1 Å². The molecule has 0 bridgehead atoms. The average molecular weight is 832 g/mol. The van der Waals surface area contributed by atoms with E-state index in [0.29, 0.717) is 39.1 Å². The summed E-state index contributed by atoms with van der Waals surface area (Å²) in [6, 6.07) is 8.43. The molecule has 4 amide bonds. The SMILES string of the molecule is CCC(C)C(C(CC(=O)N1CCCC1C(OC)C(C)C(=O)NC(Cc1ccccc1)c1nccs1)OC)N(C)C(=O)CNC(=O)C(C(C)C)N(C)CCOCCON. The van der Waals surface area contributed by atoms with Crippen LogP contribution in [0.3, 0.4) is 0 Å². The van der Waals surface area contributed by atoms with Crippen LogP contribution < -0.4 is 16.5 Å². The van der Waals surface area contributed by atoms with Gasteiger partial charge in [-0.1, -0.05) is 71.4 Å². The average Bonchev–Trinajstić information content (AvgIpc) is 3.93. The minimum atomic E-state index is -0.619. The van der Waals surface area contributed by atoms with Crippen LogP contribution in [0.5, 0.6) is 0 Å². The van der Waals surface area contributed by atoms with Crippen LogP contribution in [0, 0.1) is 17.8 Å². The van der Waals surface area contributed by atoms with Crippen LogP contribution in [-0.2, 0) is 44.6 Å². The number of rotatable bonds is 26. The van der Waals surface area contributed by atoms with Crippen LogP contribution in [0.15, 0.2) is 41.9 Å². The van der Waals surface area contributed by atoms with Gasteiger partial charge >= 0.3 is 0 Å². The smallest absolute Gasteiger partial charge is 0.242 e. The van der Waals surface area contributed by atoms with Gasteiger partial charge in [-0.2, -0.15) is 0 Å². The summed E-state index contributed by atoms with van der Waals surface area (Å²) in [7, 11) is 6.70. The number of methoxy groups -OCH3 is 2. The zero-order valence-electron chi connectivity index (χ0n) is 36.1. The molecule has 8 unspecified atom stereocenters. The van der Waals surface area contributed by atoms with Gasteiger partial charge in [0, 0.05) is 45.9 Å². The van der Waals surface area contributed by atoms with E-state index in [0.717, 1.165) is 23.4 Å². The number of ether oxygens (including phenoxy) is 3. The number of nitrogens with two attached hydrogens (primary N) is 1. The molecule has 326 valence electrons. The van der Waals surface area contributed by atoms with Crippen molar-refractivity contribution in [3.05, 3.63) is 52.5 Å². The number of likely N-dealkylation sites (tertiary alicyclic amines) is 1. The minimum absolute atomic E-state index is 0.0203. The predicted molar refractivity (Wildman–Crippen MR) is 224 cm³/mol. The highest BCUT2D eigenvalue weighted by Gasteiger charge is 2.42. The molecule has 58 heavy (non-hydrogen) atoms. The molecule has 2 heterocycles. The summed E-state index contributed by atoms with van der Waals surface area (Å²) in [4.78, 5) is 69.6. The molecule has 0 spiro atoms. The van der Waals surface area contributed by atoms with Gasteiger partial charge in [0.25, 0.3) is 0 Å². The summed E-state index contributed by atoms with van der Waals surface area (Å²) < 4.78 is 17.5. The maximum Gasteiger partial charge on any atom is 0.242 e. The third-order valence-electron chi connectivity index (χ3n) is 11.4. The second kappa shape index (κ2) is 25.2. The van der Waals surface area contributed by atoms with Crippen molar-refractivity contribution in [1.82, 2.24) is 30.3 Å². The van der Waals surface area contributed by atoms with E-state index in [1.54, 1.807) is 32.4 Å². The van der Waals surface area contributed by atoms with Crippen molar-refractivity contribution in [2.45, 2.75) is 103 Å². The summed E-state index contributed by atoms with van der Waals surface area (Å²) >= 11 is 1.50. The molecule has 0 aliphatic carbocycles. The van der Waals surface area contributed by atoms with E-state index in [1.807, 2.05) is 87.2 Å². The highest BCUT2D eigenvalue weighted by molar-refractivity contribution is 7.09. The van der Waals surface area contributed by atoms with Gasteiger partial charge in [0.1, 0.15) is 5.01 Å². The maximum absolute atomic E-state index is 14.2. The third-order valence-corrected chi connectivity index (χ3v) is 12.3. The lowest BCUT2D eigenvalue weighted by molar-refractivity contribution is -0.146. The van der Waals surface area contributed by atoms with Crippen molar-refractivity contribution in [3.8, 4) is 0 Å². The molecular weight excluding hydrogens is 763 g/mol. The normalized spacial score (nSPS) is 18.0. The lowest BCUT2D eigenvalue weighted by Crippen LogP contribution is -2.55. The first-order chi connectivity index (χ1) is 27.8. The molecular formula is C42H69N7O8S. The third kappa shape index (κ3) is 14.1. The van der Waals surface area contributed by atoms with E-state index in [2.05, 4.69) is 20.5 Å². The van der Waals surface area contributed by atoms with Gasteiger partial charge in [-0.05, 0) is 43.7 Å². The molecule has 3 rings (SSSR count). The van der Waals surface area contributed by atoms with Crippen LogP contribution >= 0.6 is 11.3 Å². The quantitative estimate of drug-likeness (QED) is 0.0935. The zero-order chi connectivity index (χ0) is 42.8. The first-order valence-electron chi connectivity index (χ1n) is 20.5. The summed E-state index contributed by atoms with van der Waals surface area (Å²) in [6.45, 7) is 11.7. The molecule has 16 heteroatoms. The number of carbonyl (C=O) groups excluding carboxylic acids is 4. The van der Waals surface area contributed by atoms with Crippen LogP contribution in [0.4, 0.5) is 0 Å². The first-order valence-corrected chi connectivity index (χ1v) is 21.4. The fraction of sp³-hybridized carbons (Fsp3) is 0.690. The molecule has 8 atom stereocenters. The Hall–Kier alpha value is -3.51. The topological polar surface area (TPSA) is 178 Å². The fourth-order valence-electron chi connectivity index (χ4n) is 8.05. The van der Waals surface area contributed by atoms with Crippen LogP contribution in [0.25, 0.3) is 0 Å². The van der Waals surface area contributed by atoms with E-state index in [1.165, 1.54) is 11.3 Å². The Balaban J connectivity index is 1.68. The van der Waals surface area contributed by atoms with Gasteiger partial charge in [0.2, 0.25) is 23.6 Å². The van der Waals surface area contributed by atoms with Gasteiger partial charge in [-0.3, -0.25) is 24.1 Å². The molecule has 4 N–H and O–H groups in total. The molecule has 1 aliphatic heterocycles. The molecule has 2 aromatic rings. The van der Waals surface area contributed by atoms with Gasteiger partial charge < -0.3 is 39.5 Å². The summed E-state index contributed by atoms with van der Waals surface area (Å²) in [5, 5.41) is 8.80. The largest absolute Gasteiger partial charge is 0.379 e. The van der Waals surface area contributed by atoms with Crippen molar-refractivity contribution in [1.29, 1.82) is 0 Å². The maximum atomic E-state index is 14.2. The molecule has 1 aromatic heterocycles. The first kappa shape index (κ1) is 48.9. The number of nitrogens with zero attached hydrogens (tertiary/aromatic N) is 4. The number of amides is 4. The van der Waals surface area contributed by atoms with Crippen LogP contribution in [0.1, 0.15) is 76.9 Å². The van der Waals surface area contributed by atoms with Crippen molar-refractivity contribution in [3.63, 3.8) is 0 Å². The molecule has 1 aromatic carbocycles. The number of nitrogens with one attached hydrogen (secondary N) is 2. The number of benzene rings is 1. The summed E-state index contributed by atoms with van der Waals surface area (Å²) in [5.41, 5.74) is 1.09. The van der Waals surface area contributed by atoms with Crippen molar-refractivity contribution in [2.24, 2.45) is 23.7 Å². The van der Waals surface area contributed by atoms with Gasteiger partial charge in [-0.25, -0.2) is 10.9 Å². The zero-order valence-corrected chi connectivity index (χ0v) is 36.9. The Labute approximate surface area is 349 Å². The van der Waals surface area contributed by atoms with E-state index in [4.69, 9.17) is 20.1 Å². The summed E-state index contributed by atoms with van der Waals surface area (Å²) in [6.07, 6.45) is 3.39. The molecule has 0 saturated carbocycles. The Morgan fingerprint density at radius 2 is 1.74 bits per heavy atom. The lowest BCUT2D eigenvalue weighted by Gasteiger charge is -2.39. The number of aromatic nitrogens is 1. The molecule has 1 saturated heterocycles. The summed E-state index contributed by atoms with van der Waals surface area (Å²) in [5.74, 6) is 3.61. The number of hydrogen-bond donors (Lipinski definition) is 3. The molecule has 1 fully saturated rings. The Morgan fingerprint density at radius 1 is 1.02 bits per heavy atom. The van der Waals surface area contributed by atoms with Crippen molar-refractivity contribution >= 4 is 35.0 Å². The van der Waals surface area contributed by atoms with Crippen LogP contribution in [-0.4, -0.2) is 141 Å². The monoisotopic (exact) mass is 831 g/mol. The number of carbonyl (C=O) groups is 4. The van der Waals surface area contributed by atoms with E-state index >= 15 is 0 Å². The minimum Gasteiger partial charge on any atom is -0.379 e. The van der Waals surface area contributed by atoms with Crippen molar-refractivity contribution in [2.75, 3.05) is 67.8 Å². The second-order valence-corrected chi connectivity index (χ2v) is 16.6. The Morgan fingerprint density at radius 3 is 2.34 bits per heavy atom. The molecule has 0 radical (unpaired) electrons. The van der Waals surface area contributed by atoms with Gasteiger partial charge in [-0.15, -0.1) is 11.3 Å². The second-order valence-electron chi connectivity index (χ2n) is 15.6. The molecule has 15 nitrogen and oxygen atoms in total. The lowest BCUT2D eigenvalue weighted by atomic mass is 9.90. The van der Waals surface area contributed by atoms with E-state index < -0.39 is 30.2 Å². The Bertz CT molecular complexity index is 1520. The number of likely N-dealkylation sites (N-methyl/N-ethyl adjacent to an activating group) is 2. The predicted octanol–water partition coefficient (Wildman–Crippen LogP) is 3.44. The number of thiazole rings is 1. The Kier molecular flexibility index (Phi) is 21.2. The highest BCUT2D eigenvalue weighted by Crippen LogP contribution is 2.30. The van der Waals surface area contributed by atoms with Gasteiger partial charge in [0.15, 0.2) is 0 Å². The van der Waals surface area contributed by atoms with Crippen LogP contribution in [0.2, 0.25) is 0 Å². The number of hydrogen-bond acceptors (Lipinski definition) is 12. The van der Waals surface area contributed by atoms with Gasteiger partial charge in [0.05, 0.1) is 75.1 Å². The van der Waals surface area contributed by atoms with Crippen molar-refractivity contribution < 1.29 is 38.2 Å². The molecule has 1 aliphatic rings. The highest BCUT2D eigenvalue weighted by atomic mass is 32.1. The standard InChI is InChI=1S/C42H69N7O8S/c1-10-29(4)38(48(7)36(51)27-45-41(53)37(28(2)3)47(6)20-21-56-22-23-57-43)34(54-8)26-35(50)49-19-14-17-33(49)39(55-9)30(5)40(52)46-32(42-44-18-24-58-42)25-31-15-12-11-13-16-31/h11-13,15-16,18,24,28-30,32-34,37-39H,10,14,17,19-23,25-27,43H2,1-9H3,(H,45,53)(H,46,52). The fourth-order valence-corrected chi connectivity index (χ4v) is 8.74. The van der Waals surface area contributed by atoms with E-state index in [9.17, 15) is 19.2 Å².